The maximum atomic E-state index is 12.3. The summed E-state index contributed by atoms with van der Waals surface area (Å²) < 4.78 is 27.3. The zero-order valence-electron chi connectivity index (χ0n) is 14.0. The summed E-state index contributed by atoms with van der Waals surface area (Å²) in [4.78, 5) is 4.34. The Hall–Kier alpha value is -0.610. The van der Waals surface area contributed by atoms with E-state index in [0.717, 1.165) is 5.13 Å². The van der Waals surface area contributed by atoms with Gasteiger partial charge in [-0.15, -0.1) is 11.3 Å². The number of hydrogen-bond donors (Lipinski definition) is 4. The molecule has 1 rings (SSSR count). The lowest BCUT2D eigenvalue weighted by atomic mass is 10.1. The quantitative estimate of drug-likeness (QED) is 0.495. The average molecular weight is 379 g/mol. The molecule has 3 N–H and O–H groups in total. The van der Waals surface area contributed by atoms with Gasteiger partial charge in [-0.2, -0.15) is 12.6 Å². The standard InChI is InChI=1S/C14H26N4O2S3/c1-10(23(19,20)18-14(2,3)4)8-11(15-5)12(9-21)17-13-16-6-7-22-13/h6-7,11-12,15,18,21H,1,8-9H2,2-5H3,(H,16,17)/t11-,12?/m1/s1. The molecule has 132 valence electrons. The largest absolute Gasteiger partial charge is 0.356 e. The van der Waals surface area contributed by atoms with E-state index in [-0.39, 0.29) is 23.4 Å². The molecular weight excluding hydrogens is 352 g/mol. The van der Waals surface area contributed by atoms with Gasteiger partial charge < -0.3 is 10.6 Å². The van der Waals surface area contributed by atoms with E-state index in [2.05, 4.69) is 39.5 Å². The van der Waals surface area contributed by atoms with E-state index in [1.807, 2.05) is 5.38 Å². The van der Waals surface area contributed by atoms with Gasteiger partial charge in [-0.05, 0) is 27.8 Å². The first-order valence-corrected chi connectivity index (χ1v) is 10.2. The van der Waals surface area contributed by atoms with E-state index >= 15 is 0 Å². The number of nitrogens with zero attached hydrogens (tertiary/aromatic N) is 1. The van der Waals surface area contributed by atoms with Crippen molar-refractivity contribution in [3.63, 3.8) is 0 Å². The first kappa shape index (κ1) is 20.4. The smallest absolute Gasteiger partial charge is 0.236 e. The first-order chi connectivity index (χ1) is 10.6. The van der Waals surface area contributed by atoms with Gasteiger partial charge in [-0.25, -0.2) is 18.1 Å². The van der Waals surface area contributed by atoms with Crippen LogP contribution in [0.1, 0.15) is 27.2 Å². The first-order valence-electron chi connectivity index (χ1n) is 7.25. The fourth-order valence-electron chi connectivity index (χ4n) is 2.00. The molecule has 0 aliphatic rings. The Labute approximate surface area is 148 Å². The van der Waals surface area contributed by atoms with Crippen LogP contribution in [0.15, 0.2) is 23.1 Å². The lowest BCUT2D eigenvalue weighted by molar-refractivity contribution is 0.484. The minimum absolute atomic E-state index is 0.0731. The Morgan fingerprint density at radius 1 is 1.43 bits per heavy atom. The van der Waals surface area contributed by atoms with Gasteiger partial charge in [0.05, 0.1) is 10.9 Å². The molecule has 0 saturated heterocycles. The second-order valence-electron chi connectivity index (χ2n) is 6.26. The van der Waals surface area contributed by atoms with E-state index in [0.29, 0.717) is 5.75 Å². The van der Waals surface area contributed by atoms with Crippen molar-refractivity contribution in [1.29, 1.82) is 0 Å². The molecular formula is C14H26N4O2S3. The molecule has 6 nitrogen and oxygen atoms in total. The molecule has 0 radical (unpaired) electrons. The van der Waals surface area contributed by atoms with Crippen molar-refractivity contribution in [1.82, 2.24) is 15.0 Å². The van der Waals surface area contributed by atoms with Gasteiger partial charge >= 0.3 is 0 Å². The van der Waals surface area contributed by atoms with Gasteiger partial charge in [0.2, 0.25) is 10.0 Å². The SMILES string of the molecule is C=C(C[C@@H](NC)C(CS)Nc1nccs1)S(=O)(=O)NC(C)(C)C. The number of thiol groups is 1. The molecule has 2 atom stereocenters. The number of rotatable bonds is 9. The van der Waals surface area contributed by atoms with Gasteiger partial charge in [0.25, 0.3) is 0 Å². The number of nitrogens with one attached hydrogen (secondary N) is 3. The van der Waals surface area contributed by atoms with Crippen LogP contribution < -0.4 is 15.4 Å². The van der Waals surface area contributed by atoms with Gasteiger partial charge in [-0.3, -0.25) is 0 Å². The fraction of sp³-hybridized carbons (Fsp3) is 0.643. The third-order valence-electron chi connectivity index (χ3n) is 3.06. The molecule has 23 heavy (non-hydrogen) atoms. The predicted octanol–water partition coefficient (Wildman–Crippen LogP) is 2.06. The zero-order valence-corrected chi connectivity index (χ0v) is 16.5. The summed E-state index contributed by atoms with van der Waals surface area (Å²) in [7, 11) is -1.78. The van der Waals surface area contributed by atoms with Crippen LogP contribution in [0, 0.1) is 0 Å². The van der Waals surface area contributed by atoms with Gasteiger partial charge in [0.15, 0.2) is 5.13 Å². The van der Waals surface area contributed by atoms with Gasteiger partial charge in [0.1, 0.15) is 0 Å². The Morgan fingerprint density at radius 2 is 2.09 bits per heavy atom. The maximum Gasteiger partial charge on any atom is 0.236 e. The zero-order chi connectivity index (χ0) is 17.7. The van der Waals surface area contributed by atoms with E-state index in [9.17, 15) is 8.42 Å². The summed E-state index contributed by atoms with van der Waals surface area (Å²) in [5, 5.41) is 9.08. The van der Waals surface area contributed by atoms with Crippen molar-refractivity contribution >= 4 is 39.1 Å². The molecule has 0 aromatic carbocycles. The molecule has 1 unspecified atom stereocenters. The summed E-state index contributed by atoms with van der Waals surface area (Å²) >= 11 is 5.85. The highest BCUT2D eigenvalue weighted by atomic mass is 32.2. The number of thiazole rings is 1. The highest BCUT2D eigenvalue weighted by Crippen LogP contribution is 2.19. The average Bonchev–Trinajstić information content (AvgIpc) is 2.92. The number of anilines is 1. The van der Waals surface area contributed by atoms with Crippen molar-refractivity contribution in [2.45, 2.75) is 44.8 Å². The van der Waals surface area contributed by atoms with Crippen molar-refractivity contribution < 1.29 is 8.42 Å². The molecule has 9 heteroatoms. The van der Waals surface area contributed by atoms with Crippen molar-refractivity contribution in [3.8, 4) is 0 Å². The van der Waals surface area contributed by atoms with Crippen molar-refractivity contribution in [2.75, 3.05) is 18.1 Å². The summed E-state index contributed by atoms with van der Waals surface area (Å²) in [6.45, 7) is 9.15. The summed E-state index contributed by atoms with van der Waals surface area (Å²) in [5.74, 6) is 0.533. The second-order valence-corrected chi connectivity index (χ2v) is 9.31. The molecule has 0 spiro atoms. The van der Waals surface area contributed by atoms with Crippen LogP contribution >= 0.6 is 24.0 Å². The lowest BCUT2D eigenvalue weighted by Crippen LogP contribution is -2.46. The van der Waals surface area contributed by atoms with Gasteiger partial charge in [-0.1, -0.05) is 6.58 Å². The normalized spacial score (nSPS) is 15.2. The van der Waals surface area contributed by atoms with Crippen LogP contribution in [-0.4, -0.2) is 43.8 Å². The van der Waals surface area contributed by atoms with Crippen LogP contribution in [0.4, 0.5) is 5.13 Å². The number of hydrogen-bond acceptors (Lipinski definition) is 7. The van der Waals surface area contributed by atoms with E-state index < -0.39 is 15.6 Å². The molecule has 1 aromatic heterocycles. The molecule has 0 aliphatic heterocycles. The van der Waals surface area contributed by atoms with Crippen molar-refractivity contribution in [2.24, 2.45) is 0 Å². The van der Waals surface area contributed by atoms with Crippen LogP contribution in [-0.2, 0) is 10.0 Å². The van der Waals surface area contributed by atoms with E-state index in [4.69, 9.17) is 0 Å². The maximum absolute atomic E-state index is 12.3. The topological polar surface area (TPSA) is 83.1 Å². The molecule has 1 heterocycles. The highest BCUT2D eigenvalue weighted by molar-refractivity contribution is 7.93. The third kappa shape index (κ3) is 6.80. The Bertz CT molecular complexity index is 594. The van der Waals surface area contributed by atoms with Crippen LogP contribution in [0.5, 0.6) is 0 Å². The Morgan fingerprint density at radius 3 is 2.52 bits per heavy atom. The Balaban J connectivity index is 2.79. The van der Waals surface area contributed by atoms with Gasteiger partial charge in [0, 0.05) is 35.3 Å². The third-order valence-corrected chi connectivity index (χ3v) is 5.97. The summed E-state index contributed by atoms with van der Waals surface area (Å²) in [6, 6.07) is -0.212. The van der Waals surface area contributed by atoms with Crippen LogP contribution in [0.2, 0.25) is 0 Å². The molecule has 0 fully saturated rings. The number of aromatic nitrogens is 1. The fourth-order valence-corrected chi connectivity index (χ4v) is 4.29. The van der Waals surface area contributed by atoms with Crippen LogP contribution in [0.25, 0.3) is 0 Å². The number of sulfonamides is 1. The summed E-state index contributed by atoms with van der Waals surface area (Å²) in [5.41, 5.74) is -0.543. The van der Waals surface area contributed by atoms with E-state index in [1.54, 1.807) is 34.0 Å². The molecule has 0 aliphatic carbocycles. The summed E-state index contributed by atoms with van der Waals surface area (Å²) in [6.07, 6.45) is 2.00. The minimum atomic E-state index is -3.58. The minimum Gasteiger partial charge on any atom is -0.356 e. The van der Waals surface area contributed by atoms with E-state index in [1.165, 1.54) is 11.3 Å². The molecule has 0 amide bonds. The monoisotopic (exact) mass is 378 g/mol. The molecule has 0 saturated carbocycles. The van der Waals surface area contributed by atoms with Crippen molar-refractivity contribution in [3.05, 3.63) is 23.1 Å². The molecule has 1 aromatic rings. The lowest BCUT2D eigenvalue weighted by Gasteiger charge is -2.28. The Kier molecular flexibility index (Phi) is 7.53. The predicted molar refractivity (Wildman–Crippen MR) is 102 cm³/mol. The van der Waals surface area contributed by atoms with Crippen LogP contribution in [0.3, 0.4) is 0 Å². The highest BCUT2D eigenvalue weighted by Gasteiger charge is 2.27. The second kappa shape index (κ2) is 8.48. The number of likely N-dealkylation sites (N-methyl/N-ethyl adjacent to an activating group) is 1. The molecule has 0 bridgehead atoms.